The van der Waals surface area contributed by atoms with Crippen molar-refractivity contribution < 1.29 is 80.2 Å². The number of ether oxygens (including phenoxy) is 4. The highest BCUT2D eigenvalue weighted by molar-refractivity contribution is 7.47. The fourth-order valence-corrected chi connectivity index (χ4v) is 11.9. The lowest BCUT2D eigenvalue weighted by Gasteiger charge is -2.21. The topological polar surface area (TPSA) is 237 Å². The Balaban J connectivity index is 5.50. The third-order valence-corrected chi connectivity index (χ3v) is 18.4. The molecular weight excluding hydrogens is 1430 g/mol. The van der Waals surface area contributed by atoms with Gasteiger partial charge in [-0.05, 0) is 173 Å². The molecule has 0 fully saturated rings. The van der Waals surface area contributed by atoms with Crippen LogP contribution in [0.3, 0.4) is 0 Å². The van der Waals surface area contributed by atoms with Crippen molar-refractivity contribution in [3.05, 3.63) is 194 Å². The minimum Gasteiger partial charge on any atom is -0.462 e. The summed E-state index contributed by atoms with van der Waals surface area (Å²) in [5.41, 5.74) is 0. The maximum Gasteiger partial charge on any atom is 0.472 e. The lowest BCUT2D eigenvalue weighted by Crippen LogP contribution is -2.30. The molecule has 110 heavy (non-hydrogen) atoms. The molecule has 19 heteroatoms. The number of hydrogen-bond acceptors (Lipinski definition) is 15. The molecule has 622 valence electrons. The summed E-state index contributed by atoms with van der Waals surface area (Å²) < 4.78 is 68.6. The molecule has 0 spiro atoms. The molecule has 0 saturated carbocycles. The molecule has 0 rings (SSSR count). The van der Waals surface area contributed by atoms with Crippen LogP contribution in [0.1, 0.15) is 297 Å². The van der Waals surface area contributed by atoms with Gasteiger partial charge in [-0.15, -0.1) is 0 Å². The van der Waals surface area contributed by atoms with E-state index in [1.165, 1.54) is 19.3 Å². The van der Waals surface area contributed by atoms with E-state index in [9.17, 15) is 43.2 Å². The first-order valence-electron chi connectivity index (χ1n) is 41.7. The maximum atomic E-state index is 13.1. The Morgan fingerprint density at radius 3 is 0.782 bits per heavy atom. The lowest BCUT2D eigenvalue weighted by atomic mass is 10.1. The fraction of sp³-hybridized carbons (Fsp3) is 0.604. The number of allylic oxidation sites excluding steroid dienone is 32. The molecule has 0 aliphatic carbocycles. The van der Waals surface area contributed by atoms with Crippen molar-refractivity contribution in [1.29, 1.82) is 0 Å². The Morgan fingerprint density at radius 1 is 0.264 bits per heavy atom. The highest BCUT2D eigenvalue weighted by Crippen LogP contribution is 2.45. The van der Waals surface area contributed by atoms with Crippen molar-refractivity contribution in [3.63, 3.8) is 0 Å². The summed E-state index contributed by atoms with van der Waals surface area (Å²) in [6, 6.07) is 0. The zero-order valence-electron chi connectivity index (χ0n) is 68.1. The minimum absolute atomic E-state index is 0.0257. The highest BCUT2D eigenvalue weighted by atomic mass is 31.2. The van der Waals surface area contributed by atoms with Crippen molar-refractivity contribution in [2.75, 3.05) is 39.6 Å². The van der Waals surface area contributed by atoms with Crippen molar-refractivity contribution >= 4 is 39.5 Å². The highest BCUT2D eigenvalue weighted by Gasteiger charge is 2.30. The Kier molecular flexibility index (Phi) is 76.4. The summed E-state index contributed by atoms with van der Waals surface area (Å²) in [5, 5.41) is 10.7. The number of hydrogen-bond donors (Lipinski definition) is 3. The molecule has 0 heterocycles. The predicted octanol–water partition coefficient (Wildman–Crippen LogP) is 24.9. The third kappa shape index (κ3) is 80.0. The van der Waals surface area contributed by atoms with Crippen molar-refractivity contribution in [1.82, 2.24) is 0 Å². The van der Waals surface area contributed by atoms with Crippen LogP contribution in [0.25, 0.3) is 0 Å². The summed E-state index contributed by atoms with van der Waals surface area (Å²) >= 11 is 0. The quantitative estimate of drug-likeness (QED) is 0.0169. The number of aliphatic hydroxyl groups excluding tert-OH is 1. The second-order valence-electron chi connectivity index (χ2n) is 26.9. The van der Waals surface area contributed by atoms with Crippen LogP contribution in [0.15, 0.2) is 194 Å². The Labute approximate surface area is 666 Å². The second-order valence-corrected chi connectivity index (χ2v) is 29.8. The molecule has 0 aromatic rings. The van der Waals surface area contributed by atoms with Gasteiger partial charge in [0.15, 0.2) is 12.2 Å². The number of carbonyl (C=O) groups excluding carboxylic acids is 4. The van der Waals surface area contributed by atoms with Gasteiger partial charge < -0.3 is 33.8 Å². The monoisotopic (exact) mass is 1570 g/mol. The molecule has 0 saturated heterocycles. The van der Waals surface area contributed by atoms with Gasteiger partial charge in [0.05, 0.1) is 26.4 Å². The smallest absolute Gasteiger partial charge is 0.462 e. The normalized spacial score (nSPS) is 14.8. The van der Waals surface area contributed by atoms with E-state index in [4.69, 9.17) is 37.0 Å². The van der Waals surface area contributed by atoms with Crippen molar-refractivity contribution in [2.24, 2.45) is 0 Å². The molecule has 0 aliphatic rings. The fourth-order valence-electron chi connectivity index (χ4n) is 10.3. The molecule has 0 amide bonds. The molecule has 5 unspecified atom stereocenters. The van der Waals surface area contributed by atoms with Gasteiger partial charge in [-0.2, -0.15) is 0 Å². The first-order chi connectivity index (χ1) is 53.7. The summed E-state index contributed by atoms with van der Waals surface area (Å²) in [6.45, 7) is 4.35. The van der Waals surface area contributed by atoms with Crippen LogP contribution in [-0.2, 0) is 65.4 Å². The van der Waals surface area contributed by atoms with E-state index in [1.807, 2.05) is 18.2 Å². The largest absolute Gasteiger partial charge is 0.472 e. The lowest BCUT2D eigenvalue weighted by molar-refractivity contribution is -0.161. The van der Waals surface area contributed by atoms with E-state index in [2.05, 4.69) is 204 Å². The third-order valence-electron chi connectivity index (χ3n) is 16.5. The summed E-state index contributed by atoms with van der Waals surface area (Å²) in [5.74, 6) is -2.35. The molecule has 0 aliphatic heterocycles. The van der Waals surface area contributed by atoms with E-state index < -0.39 is 97.5 Å². The van der Waals surface area contributed by atoms with Crippen LogP contribution in [0.5, 0.6) is 0 Å². The number of unbranched alkanes of at least 4 members (excludes halogenated alkanes) is 18. The van der Waals surface area contributed by atoms with Crippen LogP contribution in [0, 0.1) is 0 Å². The summed E-state index contributed by atoms with van der Waals surface area (Å²) in [7, 11) is -10.0. The van der Waals surface area contributed by atoms with Gasteiger partial charge in [0.25, 0.3) is 0 Å². The average molecular weight is 1570 g/mol. The molecule has 5 atom stereocenters. The molecule has 3 N–H and O–H groups in total. The van der Waals surface area contributed by atoms with Gasteiger partial charge in [-0.3, -0.25) is 37.3 Å². The molecule has 0 aromatic heterocycles. The standard InChI is InChI=1S/C91H146O17P2/c1-5-9-13-17-21-25-29-33-37-40-42-45-48-51-55-59-63-67-71-75-88(93)101-81-86(107-90(95)77-73-69-65-61-57-53-47-36-32-28-24-20-16-12-8-4)83-105-109(97,98)103-79-85(92)80-104-110(99,100)106-84-87(108-91(96)78-74-70-66-62-58-54-50-44-39-35-31-27-23-19-15-11-7-3)82-102-89(94)76-72-68-64-60-56-52-49-46-43-41-38-34-30-26-22-18-14-10-6-2/h9-11,13-15,21-28,33-39,42-43,45-47,50-51,54-55,63,67,85-87,92H,5-8,12,16-20,29-32,40-41,44,48-49,52-53,56-62,64-66,68-84H2,1-4H3,(H,97,98)(H,99,100)/b13-9-,14-10-,15-11-,25-21-,26-22-,27-23-,28-24-,37-33-,38-34-,39-35-,45-42-,46-43-,47-36-,54-50-,55-51-,67-63-. The zero-order valence-corrected chi connectivity index (χ0v) is 69.9. The molecule has 0 aromatic carbocycles. The Morgan fingerprint density at radius 2 is 0.491 bits per heavy atom. The predicted molar refractivity (Wildman–Crippen MR) is 454 cm³/mol. The van der Waals surface area contributed by atoms with Crippen molar-refractivity contribution in [2.45, 2.75) is 316 Å². The average Bonchev–Trinajstić information content (AvgIpc) is 0.899. The zero-order chi connectivity index (χ0) is 80.3. The number of esters is 4. The van der Waals surface area contributed by atoms with Crippen LogP contribution in [0.2, 0.25) is 0 Å². The van der Waals surface area contributed by atoms with E-state index in [1.54, 1.807) is 0 Å². The van der Waals surface area contributed by atoms with Crippen LogP contribution in [0.4, 0.5) is 0 Å². The summed E-state index contributed by atoms with van der Waals surface area (Å²) in [6.07, 6.45) is 99.8. The van der Waals surface area contributed by atoms with Crippen LogP contribution < -0.4 is 0 Å². The Hall–Kier alpha value is -6.10. The van der Waals surface area contributed by atoms with Gasteiger partial charge in [0, 0.05) is 25.7 Å². The van der Waals surface area contributed by atoms with E-state index in [0.29, 0.717) is 32.1 Å². The van der Waals surface area contributed by atoms with Gasteiger partial charge in [-0.25, -0.2) is 9.13 Å². The first kappa shape index (κ1) is 104. The number of aliphatic hydroxyl groups is 1. The van der Waals surface area contributed by atoms with E-state index >= 15 is 0 Å². The van der Waals surface area contributed by atoms with Crippen LogP contribution in [-0.4, -0.2) is 96.7 Å². The number of phosphoric ester groups is 2. The van der Waals surface area contributed by atoms with Gasteiger partial charge in [0.1, 0.15) is 19.3 Å². The second kappa shape index (κ2) is 80.9. The SMILES string of the molecule is CC/C=C\C/C=C\C/C=C\C/C=C\C/C=C\C/C=C\CCC(=O)OCC(COP(=O)(O)OCC(O)COP(=O)(O)OCC(COC(=O)CCCCCCCC/C=C\C/C=C\C/C=C\C/C=C\CC)OC(=O)CCCCCC/C=C\C/C=C\C/C=C\C/C=C\CC)OC(=O)CCCCCCC/C=C\C/C=C\CCCCC. The molecular formula is C91H146O17P2. The number of carbonyl (C=O) groups is 4. The maximum absolute atomic E-state index is 13.1. The van der Waals surface area contributed by atoms with Gasteiger partial charge in [0.2, 0.25) is 0 Å². The van der Waals surface area contributed by atoms with Crippen molar-refractivity contribution in [3.8, 4) is 0 Å². The van der Waals surface area contributed by atoms with Gasteiger partial charge >= 0.3 is 39.5 Å². The molecule has 17 nitrogen and oxygen atoms in total. The van der Waals surface area contributed by atoms with Gasteiger partial charge in [-0.1, -0.05) is 293 Å². The molecule has 0 bridgehead atoms. The van der Waals surface area contributed by atoms with E-state index in [-0.39, 0.29) is 25.7 Å². The number of rotatable bonds is 76. The van der Waals surface area contributed by atoms with E-state index in [0.717, 1.165) is 193 Å². The Bertz CT molecular complexity index is 2850. The first-order valence-corrected chi connectivity index (χ1v) is 44.7. The molecule has 0 radical (unpaired) electrons. The van der Waals surface area contributed by atoms with Crippen LogP contribution >= 0.6 is 15.6 Å². The minimum atomic E-state index is -5.01. The number of phosphoric acid groups is 2. The summed E-state index contributed by atoms with van der Waals surface area (Å²) in [4.78, 5) is 73.2.